The van der Waals surface area contributed by atoms with E-state index in [9.17, 15) is 0 Å². The fourth-order valence-electron chi connectivity index (χ4n) is 3.77. The quantitative estimate of drug-likeness (QED) is 0.633. The smallest absolute Gasteiger partial charge is 0.0590 e. The number of nitrogens with zero attached hydrogens (tertiary/aromatic N) is 3. The molecule has 0 saturated carbocycles. The van der Waals surface area contributed by atoms with Gasteiger partial charge in [-0.05, 0) is 66.6 Å². The van der Waals surface area contributed by atoms with Crippen molar-refractivity contribution in [3.63, 3.8) is 0 Å². The fourth-order valence-corrected chi connectivity index (χ4v) is 3.77. The van der Waals surface area contributed by atoms with Crippen LogP contribution in [0.1, 0.15) is 29.5 Å². The Balaban J connectivity index is 1.62. The number of hydrazone groups is 1. The Kier molecular flexibility index (Phi) is 3.78. The second-order valence-corrected chi connectivity index (χ2v) is 6.49. The van der Waals surface area contributed by atoms with Crippen LogP contribution in [0.15, 0.2) is 47.6 Å². The summed E-state index contributed by atoms with van der Waals surface area (Å²) in [6.07, 6.45) is 6.95. The number of rotatable bonds is 3. The summed E-state index contributed by atoms with van der Waals surface area (Å²) in [5.41, 5.74) is 6.88. The molecule has 0 aromatic heterocycles. The molecule has 0 spiro atoms. The molecular weight excluding hydrogens is 282 g/mol. The van der Waals surface area contributed by atoms with Crippen molar-refractivity contribution in [3.8, 4) is 0 Å². The summed E-state index contributed by atoms with van der Waals surface area (Å²) in [5.74, 6) is 0. The molecule has 2 aromatic rings. The van der Waals surface area contributed by atoms with Gasteiger partial charge in [0, 0.05) is 25.8 Å². The van der Waals surface area contributed by atoms with Gasteiger partial charge in [-0.15, -0.1) is 0 Å². The van der Waals surface area contributed by atoms with Gasteiger partial charge in [-0.3, -0.25) is 5.01 Å². The van der Waals surface area contributed by atoms with Crippen LogP contribution in [0.3, 0.4) is 0 Å². The van der Waals surface area contributed by atoms with Gasteiger partial charge in [-0.1, -0.05) is 18.2 Å². The van der Waals surface area contributed by atoms with Crippen molar-refractivity contribution in [1.82, 2.24) is 0 Å². The van der Waals surface area contributed by atoms with Gasteiger partial charge >= 0.3 is 0 Å². The summed E-state index contributed by atoms with van der Waals surface area (Å²) in [6.45, 7) is 2.45. The SMILES string of the molecule is CN(/N=C\c1cc2c3c(c1)CCCN3CCC2)c1ccccc1. The van der Waals surface area contributed by atoms with Gasteiger partial charge in [0.25, 0.3) is 0 Å². The number of para-hydroxylation sites is 1. The van der Waals surface area contributed by atoms with E-state index in [0.717, 1.165) is 5.69 Å². The van der Waals surface area contributed by atoms with Gasteiger partial charge in [0.05, 0.1) is 11.9 Å². The lowest BCUT2D eigenvalue weighted by Gasteiger charge is -2.37. The topological polar surface area (TPSA) is 18.8 Å². The highest BCUT2D eigenvalue weighted by atomic mass is 15.4. The van der Waals surface area contributed by atoms with Crippen LogP contribution in [0.4, 0.5) is 11.4 Å². The molecule has 118 valence electrons. The van der Waals surface area contributed by atoms with E-state index in [0.29, 0.717) is 0 Å². The van der Waals surface area contributed by atoms with Crippen LogP contribution in [-0.4, -0.2) is 26.4 Å². The third-order valence-corrected chi connectivity index (χ3v) is 4.86. The van der Waals surface area contributed by atoms with Crippen LogP contribution in [0, 0.1) is 0 Å². The third kappa shape index (κ3) is 2.83. The van der Waals surface area contributed by atoms with Crippen LogP contribution in [0.2, 0.25) is 0 Å². The van der Waals surface area contributed by atoms with Gasteiger partial charge in [-0.25, -0.2) is 0 Å². The minimum atomic E-state index is 1.11. The molecule has 23 heavy (non-hydrogen) atoms. The summed E-state index contributed by atoms with van der Waals surface area (Å²) >= 11 is 0. The second-order valence-electron chi connectivity index (χ2n) is 6.49. The normalized spacial score (nSPS) is 16.5. The first-order chi connectivity index (χ1) is 11.3. The summed E-state index contributed by atoms with van der Waals surface area (Å²) < 4.78 is 0. The zero-order valence-corrected chi connectivity index (χ0v) is 13.7. The fraction of sp³-hybridized carbons (Fsp3) is 0.350. The van der Waals surface area contributed by atoms with Gasteiger partial charge in [0.2, 0.25) is 0 Å². The average molecular weight is 305 g/mol. The number of hydrogen-bond acceptors (Lipinski definition) is 3. The minimum Gasteiger partial charge on any atom is -0.371 e. The maximum atomic E-state index is 4.62. The van der Waals surface area contributed by atoms with Crippen molar-refractivity contribution in [1.29, 1.82) is 0 Å². The molecule has 3 heteroatoms. The summed E-state index contributed by atoms with van der Waals surface area (Å²) in [5, 5.41) is 6.55. The molecule has 0 bridgehead atoms. The Bertz CT molecular complexity index is 690. The van der Waals surface area contributed by atoms with Gasteiger partial charge < -0.3 is 4.90 Å². The first kappa shape index (κ1) is 14.3. The van der Waals surface area contributed by atoms with Crippen LogP contribution >= 0.6 is 0 Å². The molecule has 2 heterocycles. The van der Waals surface area contributed by atoms with Gasteiger partial charge in [0.15, 0.2) is 0 Å². The van der Waals surface area contributed by atoms with E-state index in [1.165, 1.54) is 61.2 Å². The highest BCUT2D eigenvalue weighted by molar-refractivity contribution is 5.83. The highest BCUT2D eigenvalue weighted by Crippen LogP contribution is 2.35. The molecule has 0 radical (unpaired) electrons. The number of hydrogen-bond donors (Lipinski definition) is 0. The first-order valence-electron chi connectivity index (χ1n) is 8.55. The Labute approximate surface area is 138 Å². The van der Waals surface area contributed by atoms with Crippen LogP contribution in [0.25, 0.3) is 0 Å². The summed E-state index contributed by atoms with van der Waals surface area (Å²) in [4.78, 5) is 2.58. The van der Waals surface area contributed by atoms with E-state index < -0.39 is 0 Å². The zero-order valence-electron chi connectivity index (χ0n) is 13.7. The second kappa shape index (κ2) is 6.07. The zero-order chi connectivity index (χ0) is 15.6. The van der Waals surface area contributed by atoms with Crippen molar-refractivity contribution in [2.24, 2.45) is 5.10 Å². The number of benzene rings is 2. The molecule has 0 N–H and O–H groups in total. The van der Waals surface area contributed by atoms with E-state index in [1.54, 1.807) is 0 Å². The van der Waals surface area contributed by atoms with Crippen molar-refractivity contribution < 1.29 is 0 Å². The lowest BCUT2D eigenvalue weighted by atomic mass is 9.90. The molecule has 4 rings (SSSR count). The van der Waals surface area contributed by atoms with Crippen LogP contribution < -0.4 is 9.91 Å². The standard InChI is InChI=1S/C20H23N3/c1-22(19-9-3-2-4-10-19)21-15-16-13-17-7-5-11-23-12-6-8-18(14-16)20(17)23/h2-4,9-10,13-15H,5-8,11-12H2,1H3/b21-15-. The lowest BCUT2D eigenvalue weighted by Crippen LogP contribution is -2.34. The third-order valence-electron chi connectivity index (χ3n) is 4.86. The number of aryl methyl sites for hydroxylation is 2. The van der Waals surface area contributed by atoms with Crippen LogP contribution in [-0.2, 0) is 12.8 Å². The Morgan fingerprint density at radius 3 is 2.30 bits per heavy atom. The predicted octanol–water partition coefficient (Wildman–Crippen LogP) is 3.86. The molecule has 0 saturated heterocycles. The Morgan fingerprint density at radius 1 is 1.00 bits per heavy atom. The molecule has 2 aliphatic heterocycles. The van der Waals surface area contributed by atoms with E-state index in [2.05, 4.69) is 34.3 Å². The van der Waals surface area contributed by atoms with E-state index >= 15 is 0 Å². The van der Waals surface area contributed by atoms with Crippen molar-refractivity contribution in [2.75, 3.05) is 30.0 Å². The molecule has 0 atom stereocenters. The van der Waals surface area contributed by atoms with Crippen molar-refractivity contribution in [3.05, 3.63) is 59.2 Å². The Morgan fingerprint density at radius 2 is 1.65 bits per heavy atom. The van der Waals surface area contributed by atoms with E-state index in [-0.39, 0.29) is 0 Å². The van der Waals surface area contributed by atoms with Crippen LogP contribution in [0.5, 0.6) is 0 Å². The molecular formula is C20H23N3. The predicted molar refractivity (Wildman–Crippen MR) is 97.7 cm³/mol. The van der Waals surface area contributed by atoms with Crippen molar-refractivity contribution >= 4 is 17.6 Å². The molecule has 2 aromatic carbocycles. The first-order valence-corrected chi connectivity index (χ1v) is 8.55. The molecule has 0 fully saturated rings. The maximum absolute atomic E-state index is 4.62. The summed E-state index contributed by atoms with van der Waals surface area (Å²) in [6, 6.07) is 14.9. The minimum absolute atomic E-state index is 1.11. The molecule has 0 aliphatic carbocycles. The van der Waals surface area contributed by atoms with E-state index in [4.69, 9.17) is 0 Å². The average Bonchev–Trinajstić information content (AvgIpc) is 2.61. The molecule has 3 nitrogen and oxygen atoms in total. The highest BCUT2D eigenvalue weighted by Gasteiger charge is 2.23. The molecule has 2 aliphatic rings. The maximum Gasteiger partial charge on any atom is 0.0590 e. The monoisotopic (exact) mass is 305 g/mol. The lowest BCUT2D eigenvalue weighted by molar-refractivity contribution is 0.634. The Hall–Kier alpha value is -2.29. The van der Waals surface area contributed by atoms with Gasteiger partial charge in [-0.2, -0.15) is 5.10 Å². The molecule has 0 amide bonds. The summed E-state index contributed by atoms with van der Waals surface area (Å²) in [7, 11) is 2.00. The van der Waals surface area contributed by atoms with E-state index in [1.807, 2.05) is 36.5 Å². The number of anilines is 2. The molecule has 0 unspecified atom stereocenters. The largest absolute Gasteiger partial charge is 0.371 e. The van der Waals surface area contributed by atoms with Crippen molar-refractivity contribution in [2.45, 2.75) is 25.7 Å². The van der Waals surface area contributed by atoms with Gasteiger partial charge in [0.1, 0.15) is 0 Å².